The number of hydrogen-bond acceptors (Lipinski definition) is 3. The molecule has 1 aliphatic heterocycles. The third-order valence-corrected chi connectivity index (χ3v) is 9.07. The highest BCUT2D eigenvalue weighted by molar-refractivity contribution is 5.77. The zero-order valence-corrected chi connectivity index (χ0v) is 27.4. The van der Waals surface area contributed by atoms with Gasteiger partial charge < -0.3 is 4.74 Å². The van der Waals surface area contributed by atoms with Crippen molar-refractivity contribution in [2.75, 3.05) is 0 Å². The van der Waals surface area contributed by atoms with Crippen molar-refractivity contribution in [2.45, 2.75) is 27.7 Å². The fourth-order valence-electron chi connectivity index (χ4n) is 6.17. The van der Waals surface area contributed by atoms with Crippen molar-refractivity contribution < 1.29 is 9.15 Å². The fourth-order valence-corrected chi connectivity index (χ4v) is 6.17. The molecule has 0 radical (unpaired) electrons. The van der Waals surface area contributed by atoms with Crippen molar-refractivity contribution in [2.24, 2.45) is 5.92 Å². The normalized spacial score (nSPS) is 14.2. The van der Waals surface area contributed by atoms with E-state index in [0.29, 0.717) is 34.2 Å². The zero-order chi connectivity index (χ0) is 33.4. The third kappa shape index (κ3) is 5.89. The van der Waals surface area contributed by atoms with Crippen molar-refractivity contribution >= 4 is 22.7 Å². The van der Waals surface area contributed by atoms with Gasteiger partial charge in [0.15, 0.2) is 0 Å². The first kappa shape index (κ1) is 30.8. The molecule has 0 saturated carbocycles. The molecule has 234 valence electrons. The molecule has 0 saturated heterocycles. The van der Waals surface area contributed by atoms with Gasteiger partial charge in [0, 0.05) is 17.0 Å². The summed E-state index contributed by atoms with van der Waals surface area (Å²) < 4.78 is 12.8. The Labute approximate surface area is 279 Å². The van der Waals surface area contributed by atoms with Crippen molar-refractivity contribution in [1.29, 1.82) is 0 Å². The van der Waals surface area contributed by atoms with Gasteiger partial charge in [-0.15, -0.1) is 0 Å². The van der Waals surface area contributed by atoms with Gasteiger partial charge >= 0.3 is 11.5 Å². The van der Waals surface area contributed by atoms with Crippen molar-refractivity contribution in [3.05, 3.63) is 192 Å². The molecule has 0 fully saturated rings. The van der Waals surface area contributed by atoms with E-state index in [4.69, 9.17) is 9.15 Å². The first-order valence-corrected chi connectivity index (χ1v) is 16.1. The SMILES string of the molecule is CC(c1cc(-c2ccccc2)[o+]c(-c2ccc(C)cc2)c1)=c1c(=O)c(=C(C)C2C=C(c3ccccc3)OC(c3ccc(C)cc3)=C2)c1=O. The van der Waals surface area contributed by atoms with Crippen LogP contribution in [0.2, 0.25) is 0 Å². The highest BCUT2D eigenvalue weighted by Crippen LogP contribution is 2.35. The van der Waals surface area contributed by atoms with Crippen LogP contribution in [-0.2, 0) is 4.74 Å². The summed E-state index contributed by atoms with van der Waals surface area (Å²) in [6.45, 7) is 7.81. The van der Waals surface area contributed by atoms with Crippen LogP contribution in [0.15, 0.2) is 147 Å². The molecule has 1 aliphatic rings. The molecule has 5 aromatic carbocycles. The lowest BCUT2D eigenvalue weighted by Crippen LogP contribution is -2.66. The van der Waals surface area contributed by atoms with E-state index in [1.807, 2.05) is 161 Å². The molecule has 7 rings (SSSR count). The summed E-state index contributed by atoms with van der Waals surface area (Å²) in [6.07, 6.45) is 3.98. The Kier molecular flexibility index (Phi) is 8.16. The van der Waals surface area contributed by atoms with E-state index in [9.17, 15) is 9.59 Å². The van der Waals surface area contributed by atoms with E-state index < -0.39 is 0 Å². The summed E-state index contributed by atoms with van der Waals surface area (Å²) in [6, 6.07) is 39.8. The lowest BCUT2D eigenvalue weighted by atomic mass is 9.90. The Morgan fingerprint density at radius 3 is 1.52 bits per heavy atom. The standard InChI is InChI=1S/C44H35O4/c1-27-15-19-33(20-16-27)39-25-35(23-37(47-39)31-11-7-5-8-12-31)29(3)41-43(45)42(44(41)46)30(4)36-24-38(32-13-9-6-10-14-32)48-40(26-36)34-21-17-28(2)18-22-34/h5-26,35H,1-4H3/q+1. The van der Waals surface area contributed by atoms with E-state index in [2.05, 4.69) is 0 Å². The van der Waals surface area contributed by atoms with E-state index >= 15 is 0 Å². The van der Waals surface area contributed by atoms with Crippen LogP contribution in [0.3, 0.4) is 0 Å². The second kappa shape index (κ2) is 12.7. The van der Waals surface area contributed by atoms with Crippen LogP contribution in [0.1, 0.15) is 41.7 Å². The van der Waals surface area contributed by atoms with Crippen LogP contribution in [0.4, 0.5) is 0 Å². The summed E-state index contributed by atoms with van der Waals surface area (Å²) in [4.78, 5) is 27.9. The van der Waals surface area contributed by atoms with Crippen LogP contribution >= 0.6 is 0 Å². The highest BCUT2D eigenvalue weighted by Gasteiger charge is 2.25. The Morgan fingerprint density at radius 2 is 1.00 bits per heavy atom. The molecular weight excluding hydrogens is 592 g/mol. The molecule has 1 unspecified atom stereocenters. The molecule has 0 N–H and O–H groups in total. The van der Waals surface area contributed by atoms with Crippen LogP contribution < -0.4 is 21.3 Å². The number of rotatable bonds is 6. The molecule has 0 amide bonds. The maximum absolute atomic E-state index is 13.9. The average molecular weight is 628 g/mol. The lowest BCUT2D eigenvalue weighted by Gasteiger charge is -2.23. The average Bonchev–Trinajstić information content (AvgIpc) is 3.12. The Hall–Kier alpha value is -5.87. The van der Waals surface area contributed by atoms with Crippen LogP contribution in [0.5, 0.6) is 0 Å². The summed E-state index contributed by atoms with van der Waals surface area (Å²) in [5, 5.41) is 0.452. The molecular formula is C44H35O4+. The second-order valence-corrected chi connectivity index (χ2v) is 12.4. The van der Waals surface area contributed by atoms with E-state index in [1.54, 1.807) is 0 Å². The molecule has 2 heterocycles. The number of aryl methyl sites for hydroxylation is 2. The molecule has 4 nitrogen and oxygen atoms in total. The van der Waals surface area contributed by atoms with E-state index in [1.165, 1.54) is 0 Å². The van der Waals surface area contributed by atoms with Gasteiger partial charge in [0.25, 0.3) is 0 Å². The van der Waals surface area contributed by atoms with Crippen molar-refractivity contribution in [3.8, 4) is 22.6 Å². The summed E-state index contributed by atoms with van der Waals surface area (Å²) in [5.41, 5.74) is 7.61. The Bertz CT molecular complexity index is 2370. The monoisotopic (exact) mass is 627 g/mol. The second-order valence-electron chi connectivity index (χ2n) is 12.4. The Morgan fingerprint density at radius 1 is 0.562 bits per heavy atom. The van der Waals surface area contributed by atoms with E-state index in [-0.39, 0.29) is 27.2 Å². The largest absolute Gasteiger partial charge is 0.457 e. The molecule has 1 atom stereocenters. The van der Waals surface area contributed by atoms with Crippen LogP contribution in [0.25, 0.3) is 45.3 Å². The van der Waals surface area contributed by atoms with Gasteiger partial charge in [0.1, 0.15) is 11.5 Å². The van der Waals surface area contributed by atoms with Crippen molar-refractivity contribution in [3.63, 3.8) is 0 Å². The fraction of sp³-hybridized carbons (Fsp3) is 0.114. The molecule has 6 aromatic rings. The van der Waals surface area contributed by atoms with Gasteiger partial charge in [-0.25, -0.2) is 4.42 Å². The lowest BCUT2D eigenvalue weighted by molar-refractivity contribution is 0.457. The highest BCUT2D eigenvalue weighted by atomic mass is 16.5. The third-order valence-electron chi connectivity index (χ3n) is 9.07. The van der Waals surface area contributed by atoms with Crippen LogP contribution in [0, 0.1) is 19.8 Å². The first-order chi connectivity index (χ1) is 23.3. The van der Waals surface area contributed by atoms with Crippen LogP contribution in [-0.4, -0.2) is 0 Å². The Balaban J connectivity index is 1.37. The number of ether oxygens (including phenoxy) is 1. The molecule has 1 aromatic heterocycles. The molecule has 48 heavy (non-hydrogen) atoms. The number of allylic oxidation sites excluding steroid dienone is 2. The van der Waals surface area contributed by atoms with Gasteiger partial charge in [-0.2, -0.15) is 0 Å². The smallest absolute Gasteiger partial charge is 0.361 e. The molecule has 0 bridgehead atoms. The molecule has 0 aliphatic carbocycles. The van der Waals surface area contributed by atoms with Gasteiger partial charge in [-0.1, -0.05) is 96.1 Å². The van der Waals surface area contributed by atoms with E-state index in [0.717, 1.165) is 38.9 Å². The molecule has 4 heteroatoms. The predicted octanol–water partition coefficient (Wildman–Crippen LogP) is 8.23. The summed E-state index contributed by atoms with van der Waals surface area (Å²) >= 11 is 0. The first-order valence-electron chi connectivity index (χ1n) is 16.1. The number of benzene rings is 4. The zero-order valence-electron chi connectivity index (χ0n) is 27.4. The molecule has 0 spiro atoms. The van der Waals surface area contributed by atoms with Gasteiger partial charge in [0.2, 0.25) is 10.9 Å². The quantitative estimate of drug-likeness (QED) is 0.175. The van der Waals surface area contributed by atoms with Gasteiger partial charge in [-0.3, -0.25) is 9.59 Å². The minimum absolute atomic E-state index is 0.214. The predicted molar refractivity (Wildman–Crippen MR) is 195 cm³/mol. The summed E-state index contributed by atoms with van der Waals surface area (Å²) in [5.74, 6) is 2.40. The topological polar surface area (TPSA) is 54.7 Å². The summed E-state index contributed by atoms with van der Waals surface area (Å²) in [7, 11) is 0. The maximum Gasteiger partial charge on any atom is 0.361 e. The van der Waals surface area contributed by atoms with Gasteiger partial charge in [-0.05, 0) is 80.8 Å². The number of hydrogen-bond donors (Lipinski definition) is 0. The minimum Gasteiger partial charge on any atom is -0.457 e. The van der Waals surface area contributed by atoms with Gasteiger partial charge in [0.05, 0.1) is 33.7 Å². The van der Waals surface area contributed by atoms with Crippen molar-refractivity contribution in [1.82, 2.24) is 0 Å². The minimum atomic E-state index is -0.302. The maximum atomic E-state index is 13.9.